The lowest BCUT2D eigenvalue weighted by molar-refractivity contribution is 1.09. The molecular formula is C15H20Cl2N2S. The van der Waals surface area contributed by atoms with E-state index in [0.717, 1.165) is 4.90 Å². The van der Waals surface area contributed by atoms with Crippen LogP contribution in [-0.2, 0) is 0 Å². The second-order valence-corrected chi connectivity index (χ2v) is 5.62. The van der Waals surface area contributed by atoms with Crippen LogP contribution in [0.1, 0.15) is 27.2 Å². The van der Waals surface area contributed by atoms with Crippen molar-refractivity contribution >= 4 is 40.0 Å². The molecule has 0 heterocycles. The summed E-state index contributed by atoms with van der Waals surface area (Å²) in [6.45, 7) is 9.80. The van der Waals surface area contributed by atoms with E-state index in [-0.39, 0.29) is 0 Å². The van der Waals surface area contributed by atoms with Gasteiger partial charge in [0, 0.05) is 11.1 Å². The lowest BCUT2D eigenvalue weighted by Crippen LogP contribution is -2.05. The van der Waals surface area contributed by atoms with Crippen LogP contribution in [0.25, 0.3) is 0 Å². The Morgan fingerprint density at radius 3 is 2.50 bits per heavy atom. The van der Waals surface area contributed by atoms with Gasteiger partial charge in [0.15, 0.2) is 0 Å². The standard InChI is InChI=1S/C12H12Cl2N2S.C3H8/c1-3-7-16-12(8(2)15)17-10-6-4-5-9(13)11(10)14;1-3-2/h3-7H,2,15H2,1H3;3H2,1-2H3/b7-3-,16-12?;. The van der Waals surface area contributed by atoms with Crippen LogP contribution in [0.15, 0.2) is 52.6 Å². The highest BCUT2D eigenvalue weighted by Gasteiger charge is 2.09. The Labute approximate surface area is 135 Å². The molecule has 1 aromatic rings. The van der Waals surface area contributed by atoms with E-state index in [2.05, 4.69) is 25.4 Å². The van der Waals surface area contributed by atoms with E-state index in [1.54, 1.807) is 12.3 Å². The van der Waals surface area contributed by atoms with Crippen LogP contribution in [0.2, 0.25) is 10.0 Å². The molecule has 0 aliphatic heterocycles. The third-order valence-electron chi connectivity index (χ3n) is 1.74. The number of hydrogen-bond donors (Lipinski definition) is 1. The van der Waals surface area contributed by atoms with Crippen molar-refractivity contribution in [2.75, 3.05) is 0 Å². The number of benzene rings is 1. The molecule has 0 atom stereocenters. The normalized spacial score (nSPS) is 11.2. The zero-order valence-electron chi connectivity index (χ0n) is 12.0. The maximum Gasteiger partial charge on any atom is 0.123 e. The van der Waals surface area contributed by atoms with Crippen LogP contribution in [-0.4, -0.2) is 5.04 Å². The predicted octanol–water partition coefficient (Wildman–Crippen LogP) is 5.91. The van der Waals surface area contributed by atoms with E-state index in [4.69, 9.17) is 28.9 Å². The van der Waals surface area contributed by atoms with Crippen molar-refractivity contribution in [3.8, 4) is 0 Å². The fraction of sp³-hybridized carbons (Fsp3) is 0.267. The molecular weight excluding hydrogens is 311 g/mol. The van der Waals surface area contributed by atoms with Crippen molar-refractivity contribution in [3.63, 3.8) is 0 Å². The first kappa shape index (κ1) is 19.1. The summed E-state index contributed by atoms with van der Waals surface area (Å²) >= 11 is 13.3. The van der Waals surface area contributed by atoms with Gasteiger partial charge >= 0.3 is 0 Å². The third-order valence-corrected chi connectivity index (χ3v) is 3.79. The Bertz CT molecular complexity index is 497. The van der Waals surface area contributed by atoms with E-state index >= 15 is 0 Å². The molecule has 0 radical (unpaired) electrons. The number of aliphatic imine (C=N–C) groups is 1. The molecule has 1 aromatic carbocycles. The molecule has 0 fully saturated rings. The monoisotopic (exact) mass is 330 g/mol. The summed E-state index contributed by atoms with van der Waals surface area (Å²) in [5.41, 5.74) is 6.05. The van der Waals surface area contributed by atoms with E-state index in [9.17, 15) is 0 Å². The molecule has 5 heteroatoms. The van der Waals surface area contributed by atoms with Crippen LogP contribution in [0.5, 0.6) is 0 Å². The first-order valence-corrected chi connectivity index (χ1v) is 7.80. The summed E-state index contributed by atoms with van der Waals surface area (Å²) in [5.74, 6) is 0. The van der Waals surface area contributed by atoms with Crippen molar-refractivity contribution in [1.82, 2.24) is 0 Å². The number of nitrogens with zero attached hydrogens (tertiary/aromatic N) is 1. The van der Waals surface area contributed by atoms with Crippen LogP contribution in [0.3, 0.4) is 0 Å². The molecule has 0 saturated heterocycles. The predicted molar refractivity (Wildman–Crippen MR) is 93.9 cm³/mol. The van der Waals surface area contributed by atoms with Gasteiger partial charge in [0.2, 0.25) is 0 Å². The molecule has 20 heavy (non-hydrogen) atoms. The average molecular weight is 331 g/mol. The summed E-state index contributed by atoms with van der Waals surface area (Å²) in [4.78, 5) is 4.98. The van der Waals surface area contributed by atoms with Crippen molar-refractivity contribution in [2.24, 2.45) is 10.7 Å². The maximum atomic E-state index is 6.08. The number of thioether (sulfide) groups is 1. The fourth-order valence-electron chi connectivity index (χ4n) is 0.984. The largest absolute Gasteiger partial charge is 0.397 e. The number of allylic oxidation sites excluding steroid dienone is 1. The number of nitrogens with two attached hydrogens (primary N) is 1. The van der Waals surface area contributed by atoms with E-state index in [1.807, 2.05) is 25.1 Å². The van der Waals surface area contributed by atoms with E-state index in [0.29, 0.717) is 20.8 Å². The first-order chi connectivity index (χ1) is 9.47. The Morgan fingerprint density at radius 2 is 2.00 bits per heavy atom. The van der Waals surface area contributed by atoms with Gasteiger partial charge in [-0.2, -0.15) is 0 Å². The Kier molecular flexibility index (Phi) is 10.3. The minimum atomic E-state index is 0.393. The Hall–Kier alpha value is -0.900. The van der Waals surface area contributed by atoms with Crippen molar-refractivity contribution in [3.05, 3.63) is 52.8 Å². The first-order valence-electron chi connectivity index (χ1n) is 6.23. The Morgan fingerprint density at radius 1 is 1.40 bits per heavy atom. The number of hydrogen-bond acceptors (Lipinski definition) is 3. The second kappa shape index (κ2) is 10.8. The summed E-state index contributed by atoms with van der Waals surface area (Å²) in [7, 11) is 0. The lowest BCUT2D eigenvalue weighted by Gasteiger charge is -2.07. The van der Waals surface area contributed by atoms with Gasteiger partial charge in [0.05, 0.1) is 15.7 Å². The molecule has 110 valence electrons. The summed E-state index contributed by atoms with van der Waals surface area (Å²) < 4.78 is 0. The van der Waals surface area contributed by atoms with Crippen LogP contribution >= 0.6 is 35.0 Å². The van der Waals surface area contributed by atoms with Gasteiger partial charge in [-0.05, 0) is 19.1 Å². The van der Waals surface area contributed by atoms with Gasteiger partial charge in [-0.25, -0.2) is 4.99 Å². The molecule has 0 amide bonds. The second-order valence-electron chi connectivity index (χ2n) is 3.80. The van der Waals surface area contributed by atoms with Gasteiger partial charge in [0.1, 0.15) is 5.04 Å². The van der Waals surface area contributed by atoms with Gasteiger partial charge in [-0.1, -0.05) is 74.0 Å². The molecule has 1 rings (SSSR count). The van der Waals surface area contributed by atoms with Crippen LogP contribution in [0, 0.1) is 0 Å². The van der Waals surface area contributed by atoms with Gasteiger partial charge in [0.25, 0.3) is 0 Å². The smallest absolute Gasteiger partial charge is 0.123 e. The minimum absolute atomic E-state index is 0.393. The maximum absolute atomic E-state index is 6.08. The molecule has 0 spiro atoms. The highest BCUT2D eigenvalue weighted by Crippen LogP contribution is 2.34. The minimum Gasteiger partial charge on any atom is -0.397 e. The fourth-order valence-corrected chi connectivity index (χ4v) is 2.26. The highest BCUT2D eigenvalue weighted by molar-refractivity contribution is 8.14. The highest BCUT2D eigenvalue weighted by atomic mass is 35.5. The summed E-state index contributed by atoms with van der Waals surface area (Å²) in [6, 6.07) is 5.41. The summed E-state index contributed by atoms with van der Waals surface area (Å²) in [5, 5.41) is 1.60. The molecule has 0 bridgehead atoms. The molecule has 0 saturated carbocycles. The SMILES string of the molecule is C=C(N)C(=N/C=C\C)Sc1cccc(Cl)c1Cl.CCC. The van der Waals surface area contributed by atoms with Gasteiger partial charge < -0.3 is 5.73 Å². The molecule has 0 aliphatic rings. The van der Waals surface area contributed by atoms with Crippen LogP contribution < -0.4 is 5.73 Å². The lowest BCUT2D eigenvalue weighted by atomic mass is 10.4. The summed E-state index contributed by atoms with van der Waals surface area (Å²) in [6.07, 6.45) is 4.71. The molecule has 0 aromatic heterocycles. The zero-order chi connectivity index (χ0) is 15.5. The zero-order valence-corrected chi connectivity index (χ0v) is 14.3. The van der Waals surface area contributed by atoms with Crippen molar-refractivity contribution in [2.45, 2.75) is 32.1 Å². The van der Waals surface area contributed by atoms with E-state index in [1.165, 1.54) is 18.2 Å². The topological polar surface area (TPSA) is 38.4 Å². The van der Waals surface area contributed by atoms with E-state index < -0.39 is 0 Å². The van der Waals surface area contributed by atoms with Crippen molar-refractivity contribution in [1.29, 1.82) is 0 Å². The van der Waals surface area contributed by atoms with Crippen LogP contribution in [0.4, 0.5) is 0 Å². The molecule has 2 nitrogen and oxygen atoms in total. The number of rotatable bonds is 3. The Balaban J connectivity index is 0.00000110. The number of halogens is 2. The van der Waals surface area contributed by atoms with Gasteiger partial charge in [-0.15, -0.1) is 0 Å². The van der Waals surface area contributed by atoms with Crippen molar-refractivity contribution < 1.29 is 0 Å². The molecule has 2 N–H and O–H groups in total. The quantitative estimate of drug-likeness (QED) is 0.425. The third kappa shape index (κ3) is 7.04. The molecule has 0 aliphatic carbocycles. The average Bonchev–Trinajstić information content (AvgIpc) is 2.40. The van der Waals surface area contributed by atoms with Gasteiger partial charge in [-0.3, -0.25) is 0 Å². The molecule has 0 unspecified atom stereocenters.